The zero-order chi connectivity index (χ0) is 18.6. The van der Waals surface area contributed by atoms with Crippen LogP contribution in [0.5, 0.6) is 0 Å². The maximum Gasteiger partial charge on any atom is 0.415 e. The summed E-state index contributed by atoms with van der Waals surface area (Å²) in [7, 11) is 0. The molecule has 0 spiro atoms. The van der Waals surface area contributed by atoms with Crippen LogP contribution in [0.4, 0.5) is 9.59 Å². The highest BCUT2D eigenvalue weighted by Crippen LogP contribution is 2.10. The number of hydrogen-bond donors (Lipinski definition) is 3. The Bertz CT molecular complexity index is 413. The number of hydrogen-bond acceptors (Lipinski definition) is 6. The zero-order valence-corrected chi connectivity index (χ0v) is 14.7. The Morgan fingerprint density at radius 1 is 1.35 bits per heavy atom. The van der Waals surface area contributed by atoms with E-state index in [1.54, 1.807) is 0 Å². The summed E-state index contributed by atoms with van der Waals surface area (Å²) in [4.78, 5) is 40.2. The van der Waals surface area contributed by atoms with Crippen LogP contribution in [0.3, 0.4) is 0 Å². The Labute approximate surface area is 144 Å². The molecular weight excluding hydrogens is 351 g/mol. The van der Waals surface area contributed by atoms with Gasteiger partial charge in [0.25, 0.3) is 0 Å². The number of carboxylic acid groups (broad SMARTS) is 1. The van der Waals surface area contributed by atoms with E-state index >= 15 is 0 Å². The molecule has 8 nitrogen and oxygen atoms in total. The van der Waals surface area contributed by atoms with E-state index < -0.39 is 34.8 Å². The van der Waals surface area contributed by atoms with Gasteiger partial charge in [-0.25, -0.2) is 9.59 Å². The molecule has 134 valence electrons. The summed E-state index contributed by atoms with van der Waals surface area (Å²) < 4.78 is 3.40. The maximum atomic E-state index is 10.8. The molecule has 1 aliphatic heterocycles. The lowest BCUT2D eigenvalue weighted by molar-refractivity contribution is -0.138. The summed E-state index contributed by atoms with van der Waals surface area (Å²) in [6.45, 7) is 5.87. The summed E-state index contributed by atoms with van der Waals surface area (Å²) in [6.07, 6.45) is 1.41. The standard InChI is InChI=1S/C7H11NO3.C5H11NO2.CCl2O/c1-4(2)3-5-6(9)11-7(10)8-5;1-2-3-4(6)5(7)8;2-1(3)4/h4-5H,3H2,1-2H3,(H,8,10);4H,2-3,6H2,1H3,(H,7,8);/t5-;4-;/m11./s1. The number of amides is 1. The molecule has 1 aliphatic rings. The van der Waals surface area contributed by atoms with Gasteiger partial charge in [0.1, 0.15) is 12.1 Å². The second kappa shape index (κ2) is 13.1. The third-order valence-electron chi connectivity index (χ3n) is 2.39. The molecule has 23 heavy (non-hydrogen) atoms. The van der Waals surface area contributed by atoms with E-state index in [1.807, 2.05) is 20.8 Å². The van der Waals surface area contributed by atoms with Crippen LogP contribution < -0.4 is 11.1 Å². The van der Waals surface area contributed by atoms with Crippen molar-refractivity contribution in [3.8, 4) is 0 Å². The number of halogens is 2. The van der Waals surface area contributed by atoms with Crippen molar-refractivity contribution in [2.24, 2.45) is 11.7 Å². The molecule has 1 heterocycles. The average Bonchev–Trinajstić information content (AvgIpc) is 2.67. The number of carbonyl (C=O) groups excluding carboxylic acids is 3. The lowest BCUT2D eigenvalue weighted by Gasteiger charge is -2.06. The van der Waals surface area contributed by atoms with Crippen molar-refractivity contribution in [2.45, 2.75) is 52.1 Å². The van der Waals surface area contributed by atoms with Crippen molar-refractivity contribution in [3.05, 3.63) is 0 Å². The van der Waals surface area contributed by atoms with Gasteiger partial charge in [-0.15, -0.1) is 0 Å². The first kappa shape index (κ1) is 23.9. The summed E-state index contributed by atoms with van der Waals surface area (Å²) in [5, 5.41) is 10.6. The molecule has 1 rings (SSSR count). The summed E-state index contributed by atoms with van der Waals surface area (Å²) in [5.74, 6) is -0.985. The van der Waals surface area contributed by atoms with Crippen LogP contribution >= 0.6 is 23.2 Å². The Hall–Kier alpha value is -1.38. The minimum Gasteiger partial charge on any atom is -0.480 e. The fourth-order valence-corrected chi connectivity index (χ4v) is 1.45. The number of alkyl carbamates (subject to hydrolysis) is 1. The zero-order valence-electron chi connectivity index (χ0n) is 13.2. The minimum atomic E-state index is -0.910. The van der Waals surface area contributed by atoms with E-state index in [0.29, 0.717) is 18.8 Å². The molecule has 1 amide bonds. The maximum absolute atomic E-state index is 10.8. The van der Waals surface area contributed by atoms with Gasteiger partial charge >= 0.3 is 22.7 Å². The van der Waals surface area contributed by atoms with Crippen LogP contribution in [0.25, 0.3) is 0 Å². The number of nitrogens with one attached hydrogen (secondary N) is 1. The van der Waals surface area contributed by atoms with Gasteiger partial charge in [0.05, 0.1) is 0 Å². The van der Waals surface area contributed by atoms with Crippen LogP contribution in [-0.2, 0) is 14.3 Å². The van der Waals surface area contributed by atoms with Crippen LogP contribution in [0.1, 0.15) is 40.0 Å². The highest BCUT2D eigenvalue weighted by molar-refractivity contribution is 6.93. The van der Waals surface area contributed by atoms with E-state index in [1.165, 1.54) is 0 Å². The molecule has 0 radical (unpaired) electrons. The predicted molar refractivity (Wildman–Crippen MR) is 85.5 cm³/mol. The molecule has 0 aromatic heterocycles. The molecule has 4 N–H and O–H groups in total. The first-order valence-corrected chi connectivity index (χ1v) is 7.62. The fourth-order valence-electron chi connectivity index (χ4n) is 1.45. The minimum absolute atomic E-state index is 0.381. The largest absolute Gasteiger partial charge is 0.480 e. The summed E-state index contributed by atoms with van der Waals surface area (Å²) in [6, 6.07) is -1.09. The molecule has 0 aliphatic carbocycles. The third kappa shape index (κ3) is 15.3. The molecule has 10 heteroatoms. The molecule has 2 atom stereocenters. The fraction of sp³-hybridized carbons (Fsp3) is 0.692. The molecule has 0 aromatic carbocycles. The van der Waals surface area contributed by atoms with Crippen molar-refractivity contribution in [3.63, 3.8) is 0 Å². The number of rotatable bonds is 5. The lowest BCUT2D eigenvalue weighted by atomic mass is 10.0. The van der Waals surface area contributed by atoms with E-state index in [9.17, 15) is 14.4 Å². The molecule has 1 fully saturated rings. The van der Waals surface area contributed by atoms with Crippen molar-refractivity contribution < 1.29 is 29.0 Å². The second-order valence-electron chi connectivity index (χ2n) is 4.99. The molecule has 0 aromatic rings. The average molecular weight is 373 g/mol. The third-order valence-corrected chi connectivity index (χ3v) is 2.39. The first-order chi connectivity index (χ1) is 10.5. The lowest BCUT2D eigenvalue weighted by Crippen LogP contribution is -2.29. The number of cyclic esters (lactones) is 2. The van der Waals surface area contributed by atoms with Crippen LogP contribution in [-0.4, -0.2) is 39.9 Å². The van der Waals surface area contributed by atoms with Crippen molar-refractivity contribution in [1.82, 2.24) is 5.32 Å². The van der Waals surface area contributed by atoms with E-state index in [0.717, 1.165) is 6.42 Å². The Kier molecular flexibility index (Phi) is 13.6. The number of carboxylic acids is 1. The van der Waals surface area contributed by atoms with Gasteiger partial charge in [0, 0.05) is 0 Å². The Morgan fingerprint density at radius 3 is 2.04 bits per heavy atom. The quantitative estimate of drug-likeness (QED) is 0.382. The van der Waals surface area contributed by atoms with Gasteiger partial charge in [0.15, 0.2) is 0 Å². The Morgan fingerprint density at radius 2 is 1.83 bits per heavy atom. The number of carbonyl (C=O) groups is 4. The van der Waals surface area contributed by atoms with Gasteiger partial charge in [0.2, 0.25) is 0 Å². The van der Waals surface area contributed by atoms with E-state index in [4.69, 9.17) is 15.6 Å². The summed E-state index contributed by atoms with van der Waals surface area (Å²) in [5.41, 5.74) is 5.13. The van der Waals surface area contributed by atoms with E-state index in [2.05, 4.69) is 33.3 Å². The molecule has 0 saturated carbocycles. The number of aliphatic carboxylic acids is 1. The molecular formula is C13H22Cl2N2O6. The molecule has 0 unspecified atom stereocenters. The summed E-state index contributed by atoms with van der Waals surface area (Å²) >= 11 is 8.80. The van der Waals surface area contributed by atoms with E-state index in [-0.39, 0.29) is 0 Å². The van der Waals surface area contributed by atoms with Gasteiger partial charge in [-0.05, 0) is 42.0 Å². The predicted octanol–water partition coefficient (Wildman–Crippen LogP) is 2.45. The SMILES string of the molecule is CC(C)C[C@H]1NC(=O)OC1=O.CCC[C@@H](N)C(=O)O.O=C(Cl)Cl. The van der Waals surface area contributed by atoms with Crippen LogP contribution in [0.2, 0.25) is 0 Å². The highest BCUT2D eigenvalue weighted by atomic mass is 35.5. The van der Waals surface area contributed by atoms with Gasteiger partial charge < -0.3 is 20.9 Å². The van der Waals surface area contributed by atoms with Crippen LogP contribution in [0.15, 0.2) is 0 Å². The van der Waals surface area contributed by atoms with Gasteiger partial charge in [-0.1, -0.05) is 27.2 Å². The highest BCUT2D eigenvalue weighted by Gasteiger charge is 2.32. The first-order valence-electron chi connectivity index (χ1n) is 6.86. The van der Waals surface area contributed by atoms with Crippen molar-refractivity contribution >= 4 is 45.9 Å². The Balaban J connectivity index is 0. The van der Waals surface area contributed by atoms with Gasteiger partial charge in [-0.3, -0.25) is 9.59 Å². The van der Waals surface area contributed by atoms with Gasteiger partial charge in [-0.2, -0.15) is 0 Å². The van der Waals surface area contributed by atoms with Crippen LogP contribution in [0, 0.1) is 5.92 Å². The number of nitrogens with two attached hydrogens (primary N) is 1. The number of esters is 1. The monoisotopic (exact) mass is 372 g/mol. The normalized spacial score (nSPS) is 17.1. The molecule has 0 bridgehead atoms. The van der Waals surface area contributed by atoms with Crippen molar-refractivity contribution in [2.75, 3.05) is 0 Å². The number of ether oxygens (including phenoxy) is 1. The smallest absolute Gasteiger partial charge is 0.415 e. The second-order valence-corrected chi connectivity index (χ2v) is 5.87. The molecule has 1 saturated heterocycles. The topological polar surface area (TPSA) is 136 Å². The van der Waals surface area contributed by atoms with Crippen molar-refractivity contribution in [1.29, 1.82) is 0 Å².